The smallest absolute Gasteiger partial charge is 0.306 e. The lowest BCUT2D eigenvalue weighted by molar-refractivity contribution is -0.136. The molecule has 0 spiro atoms. The van der Waals surface area contributed by atoms with E-state index in [1.807, 2.05) is 20.8 Å². The highest BCUT2D eigenvalue weighted by atomic mass is 32.2. The summed E-state index contributed by atoms with van der Waals surface area (Å²) < 4.78 is 8.33. The molecule has 2 aromatic heterocycles. The number of carboxylic acid groups (broad SMARTS) is 1. The molecule has 0 saturated heterocycles. The van der Waals surface area contributed by atoms with Crippen molar-refractivity contribution in [2.24, 2.45) is 5.41 Å². The number of hydrogen-bond acceptors (Lipinski definition) is 7. The summed E-state index contributed by atoms with van der Waals surface area (Å²) in [6, 6.07) is 0. The van der Waals surface area contributed by atoms with E-state index in [-0.39, 0.29) is 39.9 Å². The largest absolute Gasteiger partial charge is 0.481 e. The molecule has 11 heteroatoms. The van der Waals surface area contributed by atoms with Crippen LogP contribution in [0.1, 0.15) is 27.2 Å². The summed E-state index contributed by atoms with van der Waals surface area (Å²) in [4.78, 5) is 27.1. The Balaban J connectivity index is 2.35. The van der Waals surface area contributed by atoms with Crippen molar-refractivity contribution in [2.75, 3.05) is 5.75 Å². The van der Waals surface area contributed by atoms with Gasteiger partial charge in [0.1, 0.15) is 0 Å². The van der Waals surface area contributed by atoms with Crippen LogP contribution in [0.4, 0.5) is 0 Å². The predicted molar refractivity (Wildman–Crippen MR) is 95.1 cm³/mol. The van der Waals surface area contributed by atoms with Crippen molar-refractivity contribution < 1.29 is 14.6 Å². The summed E-state index contributed by atoms with van der Waals surface area (Å²) in [7, 11) is 0. The van der Waals surface area contributed by atoms with Crippen LogP contribution < -0.4 is 5.56 Å². The summed E-state index contributed by atoms with van der Waals surface area (Å²) in [6.45, 7) is 9.76. The van der Waals surface area contributed by atoms with Gasteiger partial charge in [-0.3, -0.25) is 14.7 Å². The molecule has 0 aliphatic rings. The number of aromatic amines is 1. The lowest BCUT2D eigenvalue weighted by atomic mass is 9.95. The van der Waals surface area contributed by atoms with Crippen LogP contribution >= 0.6 is 24.0 Å². The average molecular weight is 385 g/mol. The second kappa shape index (κ2) is 7.40. The number of carboxylic acids is 1. The molecule has 0 atom stereocenters. The Morgan fingerprint density at radius 3 is 2.76 bits per heavy atom. The van der Waals surface area contributed by atoms with E-state index < -0.39 is 11.5 Å². The average Bonchev–Trinajstić information content (AvgIpc) is 2.89. The Morgan fingerprint density at radius 1 is 1.48 bits per heavy atom. The number of carbonyl (C=O) groups is 1. The first-order chi connectivity index (χ1) is 11.6. The van der Waals surface area contributed by atoms with Gasteiger partial charge in [-0.2, -0.15) is 19.3 Å². The van der Waals surface area contributed by atoms with E-state index >= 15 is 0 Å². The SMILES string of the molecule is C=C(OCn1nc(SCCC(=O)O)c(=O)n2[nH]c(=S)nc12)C(C)(C)C. The lowest BCUT2D eigenvalue weighted by Crippen LogP contribution is -2.25. The van der Waals surface area contributed by atoms with Crippen LogP contribution in [0.2, 0.25) is 0 Å². The number of H-pyrrole nitrogens is 1. The molecule has 0 aromatic carbocycles. The fraction of sp³-hybridized carbons (Fsp3) is 0.500. The van der Waals surface area contributed by atoms with E-state index in [1.54, 1.807) is 0 Å². The maximum atomic E-state index is 12.4. The highest BCUT2D eigenvalue weighted by molar-refractivity contribution is 7.99. The van der Waals surface area contributed by atoms with Gasteiger partial charge >= 0.3 is 11.5 Å². The predicted octanol–water partition coefficient (Wildman–Crippen LogP) is 2.05. The lowest BCUT2D eigenvalue weighted by Gasteiger charge is -2.22. The molecule has 0 aliphatic heterocycles. The number of ether oxygens (including phenoxy) is 1. The second-order valence-corrected chi connectivity index (χ2v) is 7.68. The van der Waals surface area contributed by atoms with Gasteiger partial charge in [0.05, 0.1) is 12.2 Å². The molecule has 2 heterocycles. The molecule has 0 saturated carbocycles. The van der Waals surface area contributed by atoms with Crippen molar-refractivity contribution >= 4 is 35.7 Å². The van der Waals surface area contributed by atoms with Crippen LogP contribution in [-0.2, 0) is 16.3 Å². The maximum absolute atomic E-state index is 12.4. The van der Waals surface area contributed by atoms with Gasteiger partial charge in [0, 0.05) is 11.2 Å². The quantitative estimate of drug-likeness (QED) is 0.423. The van der Waals surface area contributed by atoms with Crippen LogP contribution in [0.25, 0.3) is 5.78 Å². The molecule has 2 rings (SSSR count). The van der Waals surface area contributed by atoms with Gasteiger partial charge in [0.15, 0.2) is 11.8 Å². The molecule has 136 valence electrons. The zero-order valence-electron chi connectivity index (χ0n) is 14.1. The van der Waals surface area contributed by atoms with E-state index in [9.17, 15) is 9.59 Å². The zero-order valence-corrected chi connectivity index (χ0v) is 15.7. The molecule has 25 heavy (non-hydrogen) atoms. The first kappa shape index (κ1) is 19.2. The van der Waals surface area contributed by atoms with Crippen LogP contribution in [0.5, 0.6) is 0 Å². The topological polar surface area (TPSA) is 115 Å². The number of rotatable bonds is 7. The van der Waals surface area contributed by atoms with Crippen molar-refractivity contribution in [3.8, 4) is 0 Å². The standard InChI is InChI=1S/C14H19N5O4S2/c1-8(14(2,3)4)23-7-18-13-15-12(24)17-19(13)11(22)10(16-18)25-6-5-9(20)21/h1,5-7H2,2-4H3,(H,17,24)(H,20,21). The Morgan fingerprint density at radius 2 is 2.16 bits per heavy atom. The highest BCUT2D eigenvalue weighted by Gasteiger charge is 2.18. The molecule has 0 bridgehead atoms. The molecule has 2 N–H and O–H groups in total. The van der Waals surface area contributed by atoms with Gasteiger partial charge in [-0.05, 0) is 12.2 Å². The Kier molecular flexibility index (Phi) is 5.68. The third-order valence-corrected chi connectivity index (χ3v) is 4.31. The molecule has 9 nitrogen and oxygen atoms in total. The number of nitrogens with one attached hydrogen (secondary N) is 1. The molecule has 0 fully saturated rings. The Labute approximate surface area is 152 Å². The minimum absolute atomic E-state index is 0.00794. The normalized spacial score (nSPS) is 11.6. The van der Waals surface area contributed by atoms with Crippen LogP contribution in [-0.4, -0.2) is 41.2 Å². The first-order valence-electron chi connectivity index (χ1n) is 7.36. The minimum Gasteiger partial charge on any atom is -0.481 e. The van der Waals surface area contributed by atoms with Gasteiger partial charge in [0.25, 0.3) is 5.78 Å². The fourth-order valence-electron chi connectivity index (χ4n) is 1.69. The molecular weight excluding hydrogens is 366 g/mol. The number of allylic oxidation sites excluding steroid dienone is 1. The number of fused-ring (bicyclic) bond motifs is 1. The second-order valence-electron chi connectivity index (χ2n) is 6.21. The van der Waals surface area contributed by atoms with Crippen LogP contribution in [0, 0.1) is 10.2 Å². The fourth-order valence-corrected chi connectivity index (χ4v) is 2.70. The van der Waals surface area contributed by atoms with Crippen molar-refractivity contribution in [2.45, 2.75) is 38.9 Å². The summed E-state index contributed by atoms with van der Waals surface area (Å²) in [5.74, 6) is 0.0362. The molecule has 0 aliphatic carbocycles. The third kappa shape index (κ3) is 4.69. The van der Waals surface area contributed by atoms with E-state index in [0.29, 0.717) is 5.76 Å². The molecule has 0 unspecified atom stereocenters. The Bertz CT molecular complexity index is 922. The molecule has 0 radical (unpaired) electrons. The summed E-state index contributed by atoms with van der Waals surface area (Å²) in [5, 5.41) is 15.7. The van der Waals surface area contributed by atoms with Crippen molar-refractivity contribution in [1.29, 1.82) is 0 Å². The monoisotopic (exact) mass is 385 g/mol. The van der Waals surface area contributed by atoms with E-state index in [4.69, 9.17) is 22.1 Å². The van der Waals surface area contributed by atoms with Crippen molar-refractivity contribution in [3.05, 3.63) is 27.5 Å². The number of nitrogens with zero attached hydrogens (tertiary/aromatic N) is 4. The summed E-state index contributed by atoms with van der Waals surface area (Å²) in [6.07, 6.45) is -0.0823. The number of aromatic nitrogens is 5. The summed E-state index contributed by atoms with van der Waals surface area (Å²) >= 11 is 6.03. The van der Waals surface area contributed by atoms with Gasteiger partial charge < -0.3 is 9.84 Å². The molecular formula is C14H19N5O4S2. The van der Waals surface area contributed by atoms with Crippen LogP contribution in [0.15, 0.2) is 22.2 Å². The minimum atomic E-state index is -0.944. The first-order valence-corrected chi connectivity index (χ1v) is 8.75. The number of aliphatic carboxylic acids is 1. The Hall–Kier alpha value is -2.14. The van der Waals surface area contributed by atoms with E-state index in [2.05, 4.69) is 21.8 Å². The molecule has 0 amide bonds. The van der Waals surface area contributed by atoms with Gasteiger partial charge in [-0.1, -0.05) is 39.1 Å². The van der Waals surface area contributed by atoms with Gasteiger partial charge in [0.2, 0.25) is 4.77 Å². The third-order valence-electron chi connectivity index (χ3n) is 3.19. The highest BCUT2D eigenvalue weighted by Crippen LogP contribution is 2.24. The maximum Gasteiger partial charge on any atom is 0.306 e. The molecule has 2 aromatic rings. The zero-order chi connectivity index (χ0) is 18.8. The van der Waals surface area contributed by atoms with Crippen molar-refractivity contribution in [3.63, 3.8) is 0 Å². The number of hydrogen-bond donors (Lipinski definition) is 2. The van der Waals surface area contributed by atoms with Crippen molar-refractivity contribution in [1.82, 2.24) is 24.4 Å². The van der Waals surface area contributed by atoms with Gasteiger partial charge in [-0.15, -0.1) is 0 Å². The summed E-state index contributed by atoms with van der Waals surface area (Å²) in [5.41, 5.74) is -0.695. The van der Waals surface area contributed by atoms with Gasteiger partial charge in [-0.25, -0.2) is 0 Å². The van der Waals surface area contributed by atoms with E-state index in [1.165, 1.54) is 9.20 Å². The number of thioether (sulfide) groups is 1. The van der Waals surface area contributed by atoms with E-state index in [0.717, 1.165) is 11.8 Å². The van der Waals surface area contributed by atoms with Crippen LogP contribution in [0.3, 0.4) is 0 Å².